The lowest BCUT2D eigenvalue weighted by atomic mass is 9.97. The zero-order valence-electron chi connectivity index (χ0n) is 23.8. The summed E-state index contributed by atoms with van der Waals surface area (Å²) in [7, 11) is 0. The van der Waals surface area contributed by atoms with Crippen molar-refractivity contribution in [3.8, 4) is 22.3 Å². The number of fused-ring (bicyclic) bond motifs is 12. The Morgan fingerprint density at radius 2 is 0.795 bits per heavy atom. The highest BCUT2D eigenvalue weighted by Gasteiger charge is 2.22. The second-order valence-electron chi connectivity index (χ2n) is 12.1. The molecule has 11 aromatic rings. The summed E-state index contributed by atoms with van der Waals surface area (Å²) in [6, 6.07) is 53.8. The largest absolute Gasteiger partial charge is 0.308 e. The van der Waals surface area contributed by atoms with Crippen molar-refractivity contribution >= 4 is 76.2 Å². The van der Waals surface area contributed by atoms with Crippen LogP contribution in [0.15, 0.2) is 146 Å². The van der Waals surface area contributed by atoms with Gasteiger partial charge in [0.25, 0.3) is 0 Å². The van der Waals surface area contributed by atoms with E-state index in [4.69, 9.17) is 0 Å². The molecule has 202 valence electrons. The summed E-state index contributed by atoms with van der Waals surface area (Å²) in [6.45, 7) is 0. The fourth-order valence-electron chi connectivity index (χ4n) is 8.17. The van der Waals surface area contributed by atoms with Gasteiger partial charge in [0.15, 0.2) is 0 Å². The minimum absolute atomic E-state index is 1.25. The van der Waals surface area contributed by atoms with Crippen LogP contribution in [0.3, 0.4) is 0 Å². The highest BCUT2D eigenvalue weighted by molar-refractivity contribution is 6.27. The van der Waals surface area contributed by atoms with E-state index in [1.54, 1.807) is 0 Å². The third-order valence-electron chi connectivity index (χ3n) is 9.96. The lowest BCUT2D eigenvalue weighted by molar-refractivity contribution is 1.37. The van der Waals surface area contributed by atoms with Gasteiger partial charge in [-0.2, -0.15) is 0 Å². The highest BCUT2D eigenvalue weighted by Crippen LogP contribution is 2.46. The van der Waals surface area contributed by atoms with Gasteiger partial charge in [-0.15, -0.1) is 0 Å². The first-order valence-electron chi connectivity index (χ1n) is 15.3. The summed E-state index contributed by atoms with van der Waals surface area (Å²) in [5.41, 5.74) is 12.7. The van der Waals surface area contributed by atoms with Gasteiger partial charge in [0.2, 0.25) is 0 Å². The predicted octanol–water partition coefficient (Wildman–Crippen LogP) is 11.3. The first-order valence-corrected chi connectivity index (χ1v) is 15.3. The molecule has 0 aliphatic carbocycles. The van der Waals surface area contributed by atoms with E-state index < -0.39 is 0 Å². The zero-order valence-corrected chi connectivity index (χ0v) is 23.8. The van der Waals surface area contributed by atoms with Gasteiger partial charge < -0.3 is 8.80 Å². The fourth-order valence-corrected chi connectivity index (χ4v) is 8.17. The molecule has 0 unspecified atom stereocenters. The van der Waals surface area contributed by atoms with Crippen LogP contribution in [-0.2, 0) is 0 Å². The van der Waals surface area contributed by atoms with Crippen molar-refractivity contribution in [3.05, 3.63) is 146 Å². The summed E-state index contributed by atoms with van der Waals surface area (Å²) >= 11 is 0. The summed E-state index contributed by atoms with van der Waals surface area (Å²) in [6.07, 6.45) is 0. The number of hydrogen-bond donors (Lipinski definition) is 0. The number of rotatable bonds is 2. The molecule has 0 aliphatic heterocycles. The molecule has 2 heteroatoms. The Bertz CT molecular complexity index is 2840. The predicted molar refractivity (Wildman–Crippen MR) is 187 cm³/mol. The fraction of sp³-hybridized carbons (Fsp3) is 0. The van der Waals surface area contributed by atoms with Gasteiger partial charge in [0.1, 0.15) is 0 Å². The molecule has 0 saturated heterocycles. The van der Waals surface area contributed by atoms with E-state index in [0.717, 1.165) is 0 Å². The first-order chi connectivity index (χ1) is 21.8. The number of aromatic nitrogens is 2. The minimum Gasteiger partial charge on any atom is -0.308 e. The van der Waals surface area contributed by atoms with Gasteiger partial charge in [-0.3, -0.25) is 0 Å². The van der Waals surface area contributed by atoms with Crippen molar-refractivity contribution in [2.45, 2.75) is 0 Å². The van der Waals surface area contributed by atoms with Gasteiger partial charge in [-0.05, 0) is 53.1 Å². The molecule has 0 N–H and O–H groups in total. The van der Waals surface area contributed by atoms with Crippen molar-refractivity contribution in [2.24, 2.45) is 0 Å². The number of nitrogens with zero attached hydrogens (tertiary/aromatic N) is 2. The molecule has 4 heterocycles. The van der Waals surface area contributed by atoms with Gasteiger partial charge >= 0.3 is 0 Å². The zero-order chi connectivity index (χ0) is 28.5. The van der Waals surface area contributed by atoms with Crippen molar-refractivity contribution in [1.29, 1.82) is 0 Å². The van der Waals surface area contributed by atoms with E-state index in [2.05, 4.69) is 154 Å². The number of para-hydroxylation sites is 4. The Kier molecular flexibility index (Phi) is 4.10. The summed E-state index contributed by atoms with van der Waals surface area (Å²) < 4.78 is 4.98. The van der Waals surface area contributed by atoms with Crippen LogP contribution < -0.4 is 0 Å². The third kappa shape index (κ3) is 2.68. The second-order valence-corrected chi connectivity index (χ2v) is 12.1. The molecule has 11 rings (SSSR count). The molecule has 0 aliphatic rings. The molecule has 0 atom stereocenters. The first kappa shape index (κ1) is 22.7. The monoisotopic (exact) mass is 556 g/mol. The van der Waals surface area contributed by atoms with Crippen LogP contribution in [0, 0.1) is 0 Å². The van der Waals surface area contributed by atoms with Gasteiger partial charge in [0.05, 0.1) is 33.1 Å². The van der Waals surface area contributed by atoms with Crippen LogP contribution >= 0.6 is 0 Å². The molecule has 0 fully saturated rings. The van der Waals surface area contributed by atoms with Gasteiger partial charge in [-0.1, -0.05) is 109 Å². The standard InChI is InChI=1S/C42H24N2/c1-2-10-25(11-3-1)26-20-21-39-34(22-26)33-17-9-16-32-31-15-8-14-28(40(31)44(39)41(32)33)27-23-35-29-12-4-6-18-37(29)43-38-19-7-5-13-30(38)36(24-27)42(35)43/h1-24H. The van der Waals surface area contributed by atoms with E-state index in [-0.39, 0.29) is 0 Å². The van der Waals surface area contributed by atoms with Crippen LogP contribution in [0.2, 0.25) is 0 Å². The lowest BCUT2D eigenvalue weighted by Gasteiger charge is -2.09. The lowest BCUT2D eigenvalue weighted by Crippen LogP contribution is -1.87. The molecule has 0 spiro atoms. The van der Waals surface area contributed by atoms with Crippen molar-refractivity contribution in [3.63, 3.8) is 0 Å². The van der Waals surface area contributed by atoms with Crippen LogP contribution in [-0.4, -0.2) is 8.80 Å². The number of benzene rings is 7. The second kappa shape index (κ2) is 7.94. The Balaban J connectivity index is 1.29. The maximum Gasteiger partial charge on any atom is 0.0620 e. The van der Waals surface area contributed by atoms with Crippen molar-refractivity contribution < 1.29 is 0 Å². The van der Waals surface area contributed by atoms with E-state index in [1.807, 2.05) is 0 Å². The molecule has 44 heavy (non-hydrogen) atoms. The SMILES string of the molecule is c1ccc(-c2ccc3c(c2)c2cccc4c5cccc(-c6cc7c8ccccc8n8c9ccccc9c(c6)c78)c5n3c24)cc1. The Morgan fingerprint density at radius 3 is 1.52 bits per heavy atom. The molecule has 0 saturated carbocycles. The van der Waals surface area contributed by atoms with Crippen LogP contribution in [0.1, 0.15) is 0 Å². The topological polar surface area (TPSA) is 8.82 Å². The maximum atomic E-state index is 2.53. The highest BCUT2D eigenvalue weighted by atomic mass is 14.9. The van der Waals surface area contributed by atoms with E-state index in [1.165, 1.54) is 98.4 Å². The summed E-state index contributed by atoms with van der Waals surface area (Å²) in [5, 5.41) is 10.5. The molecular formula is C42H24N2. The van der Waals surface area contributed by atoms with Crippen LogP contribution in [0.25, 0.3) is 98.4 Å². The summed E-state index contributed by atoms with van der Waals surface area (Å²) in [4.78, 5) is 0. The Morgan fingerprint density at radius 1 is 0.273 bits per heavy atom. The van der Waals surface area contributed by atoms with Gasteiger partial charge in [-0.25, -0.2) is 0 Å². The molecule has 4 aromatic heterocycles. The minimum atomic E-state index is 1.25. The van der Waals surface area contributed by atoms with E-state index in [9.17, 15) is 0 Å². The van der Waals surface area contributed by atoms with Gasteiger partial charge in [0, 0.05) is 48.7 Å². The molecule has 2 nitrogen and oxygen atoms in total. The Hall–Kier alpha value is -5.86. The average molecular weight is 557 g/mol. The average Bonchev–Trinajstić information content (AvgIpc) is 3.81. The molecule has 0 amide bonds. The van der Waals surface area contributed by atoms with Crippen LogP contribution in [0.4, 0.5) is 0 Å². The molecule has 0 radical (unpaired) electrons. The number of hydrogen-bond acceptors (Lipinski definition) is 0. The smallest absolute Gasteiger partial charge is 0.0620 e. The van der Waals surface area contributed by atoms with E-state index in [0.29, 0.717) is 0 Å². The normalized spacial score (nSPS) is 12.5. The molecular weight excluding hydrogens is 532 g/mol. The van der Waals surface area contributed by atoms with Crippen molar-refractivity contribution in [1.82, 2.24) is 8.80 Å². The quantitative estimate of drug-likeness (QED) is 0.200. The summed E-state index contributed by atoms with van der Waals surface area (Å²) in [5.74, 6) is 0. The maximum absolute atomic E-state index is 2.53. The van der Waals surface area contributed by atoms with Crippen LogP contribution in [0.5, 0.6) is 0 Å². The van der Waals surface area contributed by atoms with E-state index >= 15 is 0 Å². The molecule has 0 bridgehead atoms. The molecule has 7 aromatic carbocycles. The van der Waals surface area contributed by atoms with Crippen molar-refractivity contribution in [2.75, 3.05) is 0 Å². The third-order valence-corrected chi connectivity index (χ3v) is 9.96. The Labute approximate surface area is 252 Å².